The minimum atomic E-state index is -0.971. The maximum absolute atomic E-state index is 11.7. The normalized spacial score (nSPS) is 19.9. The summed E-state index contributed by atoms with van der Waals surface area (Å²) in [7, 11) is 0. The van der Waals surface area contributed by atoms with Crippen molar-refractivity contribution >= 4 is 29.9 Å². The van der Waals surface area contributed by atoms with Crippen LogP contribution in [0.25, 0.3) is 0 Å². The first-order valence-electron chi connectivity index (χ1n) is 8.53. The molecule has 2 unspecified atom stereocenters. The Kier molecular flexibility index (Phi) is 7.26. The molecule has 1 aliphatic heterocycles. The van der Waals surface area contributed by atoms with Gasteiger partial charge in [-0.25, -0.2) is 0 Å². The highest BCUT2D eigenvalue weighted by molar-refractivity contribution is 8.04. The van der Waals surface area contributed by atoms with Crippen LogP contribution in [0.4, 0.5) is 0 Å². The van der Waals surface area contributed by atoms with Gasteiger partial charge in [-0.3, -0.25) is 14.6 Å². The second-order valence-corrected chi connectivity index (χ2v) is 7.61. The van der Waals surface area contributed by atoms with E-state index >= 15 is 0 Å². The van der Waals surface area contributed by atoms with Crippen molar-refractivity contribution < 1.29 is 19.4 Å². The molecule has 0 saturated carbocycles. The molecule has 1 amide bonds. The predicted octanol–water partition coefficient (Wildman–Crippen LogP) is 3.22. The van der Waals surface area contributed by atoms with Crippen LogP contribution in [-0.4, -0.2) is 40.6 Å². The number of amides is 1. The topological polar surface area (TPSA) is 88.0 Å². The fraction of sp³-hybridized carbons (Fsp3) is 0.421. The zero-order valence-corrected chi connectivity index (χ0v) is 16.0. The number of hydrogen-bond donors (Lipinski definition) is 2. The first kappa shape index (κ1) is 20.0. The lowest BCUT2D eigenvalue weighted by molar-refractivity contribution is -0.138. The van der Waals surface area contributed by atoms with E-state index in [1.165, 1.54) is 11.8 Å². The molecule has 0 bridgehead atoms. The fourth-order valence-corrected chi connectivity index (χ4v) is 3.34. The molecule has 0 aromatic heterocycles. The van der Waals surface area contributed by atoms with Crippen molar-refractivity contribution in [2.24, 2.45) is 4.99 Å². The number of carbonyl (C=O) groups is 2. The molecule has 7 heteroatoms. The average molecular weight is 376 g/mol. The van der Waals surface area contributed by atoms with E-state index < -0.39 is 11.2 Å². The third kappa shape index (κ3) is 6.55. The third-order valence-electron chi connectivity index (χ3n) is 3.54. The van der Waals surface area contributed by atoms with Gasteiger partial charge in [-0.15, -0.1) is 0 Å². The van der Waals surface area contributed by atoms with E-state index in [0.29, 0.717) is 11.4 Å². The quantitative estimate of drug-likeness (QED) is 0.680. The highest BCUT2D eigenvalue weighted by atomic mass is 32.2. The predicted molar refractivity (Wildman–Crippen MR) is 104 cm³/mol. The standard InChI is InChI=1S/C19H24N2O4S/c1-12(2)25-15-7-5-14(6-8-15)11-20-13(3)4-9-17-21-19(24)16(26-17)10-18(22)23/h5-9,11-13,16H,4,10H2,1-3H3,(H,21,24)(H,22,23)/b17-9-,20-11?. The molecule has 6 nitrogen and oxygen atoms in total. The summed E-state index contributed by atoms with van der Waals surface area (Å²) in [4.78, 5) is 26.9. The van der Waals surface area contributed by atoms with E-state index in [1.54, 1.807) is 0 Å². The molecule has 1 heterocycles. The Labute approximate surface area is 157 Å². The number of nitrogens with zero attached hydrogens (tertiary/aromatic N) is 1. The van der Waals surface area contributed by atoms with Gasteiger partial charge in [0.25, 0.3) is 0 Å². The molecule has 1 fully saturated rings. The monoisotopic (exact) mass is 376 g/mol. The van der Waals surface area contributed by atoms with Crippen LogP contribution in [0.3, 0.4) is 0 Å². The molecule has 0 aliphatic carbocycles. The molecule has 2 rings (SSSR count). The van der Waals surface area contributed by atoms with E-state index in [4.69, 9.17) is 9.84 Å². The second-order valence-electron chi connectivity index (χ2n) is 6.36. The molecule has 2 N–H and O–H groups in total. The third-order valence-corrected chi connectivity index (χ3v) is 4.73. The summed E-state index contributed by atoms with van der Waals surface area (Å²) >= 11 is 1.26. The van der Waals surface area contributed by atoms with E-state index in [9.17, 15) is 9.59 Å². The summed E-state index contributed by atoms with van der Waals surface area (Å²) in [6, 6.07) is 7.79. The number of thioether (sulfide) groups is 1. The Morgan fingerprint density at radius 2 is 2.04 bits per heavy atom. The molecule has 0 spiro atoms. The van der Waals surface area contributed by atoms with Gasteiger partial charge in [0.1, 0.15) is 11.0 Å². The number of carboxylic acid groups (broad SMARTS) is 1. The molecule has 2 atom stereocenters. The SMILES string of the molecule is CC(C/C=C1/NC(=O)C(CC(=O)O)S1)N=Cc1ccc(OC(C)C)cc1. The summed E-state index contributed by atoms with van der Waals surface area (Å²) in [6.07, 6.45) is 4.35. The molecule has 26 heavy (non-hydrogen) atoms. The summed E-state index contributed by atoms with van der Waals surface area (Å²) < 4.78 is 5.61. The van der Waals surface area contributed by atoms with E-state index in [-0.39, 0.29) is 24.5 Å². The number of ether oxygens (including phenoxy) is 1. The first-order chi connectivity index (χ1) is 12.3. The summed E-state index contributed by atoms with van der Waals surface area (Å²) in [6.45, 7) is 5.96. The summed E-state index contributed by atoms with van der Waals surface area (Å²) in [5, 5.41) is 11.7. The van der Waals surface area contributed by atoms with Crippen LogP contribution in [-0.2, 0) is 9.59 Å². The zero-order valence-electron chi connectivity index (χ0n) is 15.1. The molecule has 1 aromatic rings. The van der Waals surface area contributed by atoms with Crippen molar-refractivity contribution in [2.75, 3.05) is 0 Å². The van der Waals surface area contributed by atoms with Gasteiger partial charge < -0.3 is 15.2 Å². The van der Waals surface area contributed by atoms with Crippen molar-refractivity contribution in [3.8, 4) is 5.75 Å². The highest BCUT2D eigenvalue weighted by Crippen LogP contribution is 2.29. The van der Waals surface area contributed by atoms with Crippen molar-refractivity contribution in [1.29, 1.82) is 0 Å². The maximum atomic E-state index is 11.7. The summed E-state index contributed by atoms with van der Waals surface area (Å²) in [5.74, 6) is -0.384. The van der Waals surface area contributed by atoms with E-state index in [1.807, 2.05) is 57.3 Å². The average Bonchev–Trinajstić information content (AvgIpc) is 2.91. The van der Waals surface area contributed by atoms with E-state index in [0.717, 1.165) is 11.3 Å². The van der Waals surface area contributed by atoms with Crippen LogP contribution in [0.15, 0.2) is 40.4 Å². The van der Waals surface area contributed by atoms with Gasteiger partial charge in [-0.2, -0.15) is 0 Å². The lowest BCUT2D eigenvalue weighted by atomic mass is 10.2. The van der Waals surface area contributed by atoms with Gasteiger partial charge in [0.2, 0.25) is 5.91 Å². The number of hydrogen-bond acceptors (Lipinski definition) is 5. The molecule has 140 valence electrons. The van der Waals surface area contributed by atoms with Gasteiger partial charge in [-0.1, -0.05) is 17.8 Å². The molecular weight excluding hydrogens is 352 g/mol. The number of rotatable bonds is 8. The zero-order chi connectivity index (χ0) is 19.1. The Balaban J connectivity index is 1.84. The second kappa shape index (κ2) is 9.43. The van der Waals surface area contributed by atoms with Crippen molar-refractivity contribution in [3.63, 3.8) is 0 Å². The van der Waals surface area contributed by atoms with Crippen LogP contribution < -0.4 is 10.1 Å². The summed E-state index contributed by atoms with van der Waals surface area (Å²) in [5.41, 5.74) is 0.991. The van der Waals surface area contributed by atoms with Crippen LogP contribution in [0, 0.1) is 0 Å². The van der Waals surface area contributed by atoms with Crippen molar-refractivity contribution in [2.45, 2.75) is 51.0 Å². The Morgan fingerprint density at radius 1 is 1.35 bits per heavy atom. The molecular formula is C19H24N2O4S. The molecule has 1 saturated heterocycles. The maximum Gasteiger partial charge on any atom is 0.305 e. The molecule has 1 aromatic carbocycles. The molecule has 1 aliphatic rings. The number of aliphatic carboxylic acids is 1. The number of nitrogens with one attached hydrogen (secondary N) is 1. The number of benzene rings is 1. The van der Waals surface area contributed by atoms with Crippen LogP contribution in [0.5, 0.6) is 5.75 Å². The Hall–Kier alpha value is -2.28. The minimum Gasteiger partial charge on any atom is -0.491 e. The van der Waals surface area contributed by atoms with Gasteiger partial charge in [0.15, 0.2) is 0 Å². The first-order valence-corrected chi connectivity index (χ1v) is 9.41. The van der Waals surface area contributed by atoms with Gasteiger partial charge in [0.05, 0.1) is 23.6 Å². The van der Waals surface area contributed by atoms with Gasteiger partial charge in [0, 0.05) is 6.21 Å². The van der Waals surface area contributed by atoms with Gasteiger partial charge >= 0.3 is 5.97 Å². The van der Waals surface area contributed by atoms with Crippen LogP contribution in [0.1, 0.15) is 39.2 Å². The Bertz CT molecular complexity index is 698. The smallest absolute Gasteiger partial charge is 0.305 e. The van der Waals surface area contributed by atoms with Crippen LogP contribution >= 0.6 is 11.8 Å². The van der Waals surface area contributed by atoms with Gasteiger partial charge in [-0.05, 0) is 57.0 Å². The largest absolute Gasteiger partial charge is 0.491 e. The van der Waals surface area contributed by atoms with Crippen molar-refractivity contribution in [1.82, 2.24) is 5.32 Å². The number of aliphatic imine (C=N–C) groups is 1. The van der Waals surface area contributed by atoms with E-state index in [2.05, 4.69) is 10.3 Å². The van der Waals surface area contributed by atoms with Crippen molar-refractivity contribution in [3.05, 3.63) is 40.9 Å². The fourth-order valence-electron chi connectivity index (χ4n) is 2.29. The molecule has 0 radical (unpaired) electrons. The Morgan fingerprint density at radius 3 is 2.65 bits per heavy atom. The lowest BCUT2D eigenvalue weighted by Crippen LogP contribution is -2.24. The number of carboxylic acids is 1. The highest BCUT2D eigenvalue weighted by Gasteiger charge is 2.30. The lowest BCUT2D eigenvalue weighted by Gasteiger charge is -2.09. The minimum absolute atomic E-state index is 0.0464. The number of carbonyl (C=O) groups excluding carboxylic acids is 1. The van der Waals surface area contributed by atoms with Crippen LogP contribution in [0.2, 0.25) is 0 Å².